The van der Waals surface area contributed by atoms with Crippen LogP contribution in [0.5, 0.6) is 0 Å². The second kappa shape index (κ2) is 10.6. The molecule has 50 valence electrons. The molecule has 0 bridgehead atoms. The lowest BCUT2D eigenvalue weighted by atomic mass is 10.7. The summed E-state index contributed by atoms with van der Waals surface area (Å²) in [4.78, 5) is 0. The summed E-state index contributed by atoms with van der Waals surface area (Å²) < 4.78 is 0. The van der Waals surface area contributed by atoms with Gasteiger partial charge in [0.2, 0.25) is 0 Å². The summed E-state index contributed by atoms with van der Waals surface area (Å²) in [5.41, 5.74) is 0. The Bertz CT molecular complexity index is 72.5. The second-order valence-electron chi connectivity index (χ2n) is 0.793. The first-order chi connectivity index (χ1) is 2.50. The SMILES string of the molecule is Cl.I.N.c1ccsc1. The Morgan fingerprint density at radius 2 is 1.38 bits per heavy atom. The Labute approximate surface area is 76.5 Å². The average molecular weight is 266 g/mol. The summed E-state index contributed by atoms with van der Waals surface area (Å²) in [6, 6.07) is 4.04. The number of halogens is 2. The van der Waals surface area contributed by atoms with Gasteiger partial charge < -0.3 is 6.15 Å². The smallest absolute Gasteiger partial charge is 0.00934 e. The fourth-order valence-corrected chi connectivity index (χ4v) is 0.680. The van der Waals surface area contributed by atoms with Crippen LogP contribution in [0.25, 0.3) is 0 Å². The molecule has 0 fully saturated rings. The zero-order valence-corrected chi connectivity index (χ0v) is 8.20. The van der Waals surface area contributed by atoms with Crippen LogP contribution in [-0.4, -0.2) is 0 Å². The van der Waals surface area contributed by atoms with E-state index in [9.17, 15) is 0 Å². The molecule has 1 aromatic heterocycles. The highest BCUT2D eigenvalue weighted by molar-refractivity contribution is 14.0. The Morgan fingerprint density at radius 1 is 1.00 bits per heavy atom. The quantitative estimate of drug-likeness (QED) is 0.719. The van der Waals surface area contributed by atoms with E-state index in [4.69, 9.17) is 0 Å². The summed E-state index contributed by atoms with van der Waals surface area (Å²) in [6.07, 6.45) is 0. The average Bonchev–Trinajstić information content (AvgIpc) is 1.76. The summed E-state index contributed by atoms with van der Waals surface area (Å²) in [7, 11) is 0. The summed E-state index contributed by atoms with van der Waals surface area (Å²) >= 11 is 1.71. The first-order valence-electron chi connectivity index (χ1n) is 1.47. The highest BCUT2D eigenvalue weighted by Gasteiger charge is 1.58. The number of thiophene rings is 1. The molecule has 0 radical (unpaired) electrons. The van der Waals surface area contributed by atoms with Gasteiger partial charge in [0.15, 0.2) is 0 Å². The molecule has 0 amide bonds. The molecule has 4 heteroatoms. The number of rotatable bonds is 0. The van der Waals surface area contributed by atoms with Gasteiger partial charge >= 0.3 is 0 Å². The van der Waals surface area contributed by atoms with Crippen molar-refractivity contribution in [3.8, 4) is 0 Å². The minimum absolute atomic E-state index is 0. The predicted molar refractivity (Wildman–Crippen MR) is 52.0 cm³/mol. The first kappa shape index (κ1) is 15.9. The molecule has 0 aliphatic carbocycles. The summed E-state index contributed by atoms with van der Waals surface area (Å²) in [5.74, 6) is 0. The third kappa shape index (κ3) is 6.68. The Kier molecular flexibility index (Phi) is 21.1. The molecule has 0 saturated carbocycles. The van der Waals surface area contributed by atoms with Crippen LogP contribution >= 0.6 is 47.7 Å². The Hall–Kier alpha value is 0.680. The maximum absolute atomic E-state index is 2.04. The van der Waals surface area contributed by atoms with E-state index in [1.807, 2.05) is 22.9 Å². The van der Waals surface area contributed by atoms with E-state index >= 15 is 0 Å². The molecule has 0 spiro atoms. The van der Waals surface area contributed by atoms with Crippen molar-refractivity contribution in [1.82, 2.24) is 6.15 Å². The summed E-state index contributed by atoms with van der Waals surface area (Å²) in [6.45, 7) is 0. The van der Waals surface area contributed by atoms with Crippen LogP contribution in [0.1, 0.15) is 0 Å². The standard InChI is InChI=1S/C4H4S.ClH.HI.H3N/c1-2-4-5-3-1;;;/h1-4H;2*1H;1H3. The van der Waals surface area contributed by atoms with Gasteiger partial charge in [-0.1, -0.05) is 12.1 Å². The molecular weight excluding hydrogens is 256 g/mol. The molecule has 0 aliphatic rings. The molecule has 0 unspecified atom stereocenters. The van der Waals surface area contributed by atoms with Crippen LogP contribution < -0.4 is 6.15 Å². The lowest BCUT2D eigenvalue weighted by Crippen LogP contribution is -1.16. The molecule has 0 aliphatic heterocycles. The van der Waals surface area contributed by atoms with Gasteiger partial charge in [-0.15, -0.1) is 36.4 Å². The van der Waals surface area contributed by atoms with Gasteiger partial charge in [0.1, 0.15) is 0 Å². The third-order valence-electron chi connectivity index (χ3n) is 0.425. The van der Waals surface area contributed by atoms with E-state index in [1.165, 1.54) is 0 Å². The molecule has 8 heavy (non-hydrogen) atoms. The van der Waals surface area contributed by atoms with Crippen LogP contribution in [0.15, 0.2) is 22.9 Å². The van der Waals surface area contributed by atoms with Crippen molar-refractivity contribution in [2.45, 2.75) is 0 Å². The van der Waals surface area contributed by atoms with Crippen molar-refractivity contribution in [1.29, 1.82) is 0 Å². The van der Waals surface area contributed by atoms with E-state index < -0.39 is 0 Å². The predicted octanol–water partition coefficient (Wildman–Crippen LogP) is 2.95. The number of hydrogen-bond acceptors (Lipinski definition) is 2. The monoisotopic (exact) mass is 265 g/mol. The van der Waals surface area contributed by atoms with E-state index in [0.29, 0.717) is 0 Å². The van der Waals surface area contributed by atoms with Crippen LogP contribution in [0.3, 0.4) is 0 Å². The molecular formula is C4H9ClINS. The fraction of sp³-hybridized carbons (Fsp3) is 0. The van der Waals surface area contributed by atoms with Gasteiger partial charge in [-0.25, -0.2) is 0 Å². The first-order valence-corrected chi connectivity index (χ1v) is 2.41. The molecule has 0 atom stereocenters. The maximum atomic E-state index is 2.04. The lowest BCUT2D eigenvalue weighted by Gasteiger charge is -1.39. The highest BCUT2D eigenvalue weighted by Crippen LogP contribution is 1.91. The second-order valence-corrected chi connectivity index (χ2v) is 1.61. The normalized spacial score (nSPS) is 5.00. The van der Waals surface area contributed by atoms with Gasteiger partial charge in [0.05, 0.1) is 0 Å². The minimum Gasteiger partial charge on any atom is -0.344 e. The van der Waals surface area contributed by atoms with Gasteiger partial charge in [0, 0.05) is 0 Å². The van der Waals surface area contributed by atoms with Crippen LogP contribution in [-0.2, 0) is 0 Å². The largest absolute Gasteiger partial charge is 0.344 e. The van der Waals surface area contributed by atoms with Crippen LogP contribution in [0.2, 0.25) is 0 Å². The molecule has 1 heterocycles. The lowest BCUT2D eigenvalue weighted by molar-refractivity contribution is 2.03. The zero-order valence-electron chi connectivity index (χ0n) is 4.24. The topological polar surface area (TPSA) is 35.0 Å². The Morgan fingerprint density at radius 3 is 1.50 bits per heavy atom. The summed E-state index contributed by atoms with van der Waals surface area (Å²) in [5, 5.41) is 4.08. The van der Waals surface area contributed by atoms with Crippen molar-refractivity contribution in [3.63, 3.8) is 0 Å². The van der Waals surface area contributed by atoms with Gasteiger partial charge in [-0.3, -0.25) is 0 Å². The van der Waals surface area contributed by atoms with Crippen LogP contribution in [0, 0.1) is 0 Å². The van der Waals surface area contributed by atoms with E-state index in [0.717, 1.165) is 0 Å². The minimum atomic E-state index is 0. The van der Waals surface area contributed by atoms with Crippen molar-refractivity contribution in [3.05, 3.63) is 22.9 Å². The molecule has 0 aromatic carbocycles. The van der Waals surface area contributed by atoms with Crippen molar-refractivity contribution >= 4 is 47.7 Å². The molecule has 1 rings (SSSR count). The van der Waals surface area contributed by atoms with Gasteiger partial charge in [0.25, 0.3) is 0 Å². The van der Waals surface area contributed by atoms with E-state index in [2.05, 4.69) is 0 Å². The van der Waals surface area contributed by atoms with Crippen molar-refractivity contribution in [2.75, 3.05) is 0 Å². The van der Waals surface area contributed by atoms with Gasteiger partial charge in [-0.05, 0) is 10.8 Å². The molecule has 1 aromatic rings. The molecule has 1 nitrogen and oxygen atoms in total. The van der Waals surface area contributed by atoms with Gasteiger partial charge in [-0.2, -0.15) is 11.3 Å². The highest BCUT2D eigenvalue weighted by atomic mass is 127. The van der Waals surface area contributed by atoms with E-state index in [-0.39, 0.29) is 42.5 Å². The maximum Gasteiger partial charge on any atom is -0.00934 e. The van der Waals surface area contributed by atoms with Crippen molar-refractivity contribution in [2.24, 2.45) is 0 Å². The fourth-order valence-electron chi connectivity index (χ4n) is 0.227. The van der Waals surface area contributed by atoms with Crippen molar-refractivity contribution < 1.29 is 0 Å². The molecule has 3 N–H and O–H groups in total. The van der Waals surface area contributed by atoms with Crippen LogP contribution in [0.4, 0.5) is 0 Å². The Balaban J connectivity index is -0.0000000833. The van der Waals surface area contributed by atoms with E-state index in [1.54, 1.807) is 11.3 Å². The third-order valence-corrected chi connectivity index (χ3v) is 1.05. The zero-order chi connectivity index (χ0) is 3.54. The molecule has 0 saturated heterocycles. The number of hydrogen-bond donors (Lipinski definition) is 1.